The summed E-state index contributed by atoms with van der Waals surface area (Å²) in [6.45, 7) is 3.70. The van der Waals surface area contributed by atoms with Crippen LogP contribution in [0.2, 0.25) is 0 Å². The number of primary sulfonamides is 1. The molecule has 0 bridgehead atoms. The SMILES string of the molecule is CC1=CCN(Cc2ccc(S(N)(=O)=O)cc2)c2ccccc21. The Morgan fingerprint density at radius 3 is 2.45 bits per heavy atom. The smallest absolute Gasteiger partial charge is 0.238 e. The molecule has 4 nitrogen and oxygen atoms in total. The molecular formula is C17H18N2O2S. The molecule has 0 saturated heterocycles. The first-order valence-corrected chi connectivity index (χ1v) is 8.62. The van der Waals surface area contributed by atoms with Crippen LogP contribution in [0.4, 0.5) is 5.69 Å². The van der Waals surface area contributed by atoms with Crippen molar-refractivity contribution in [2.45, 2.75) is 18.4 Å². The summed E-state index contributed by atoms with van der Waals surface area (Å²) < 4.78 is 22.6. The van der Waals surface area contributed by atoms with E-state index in [1.165, 1.54) is 16.8 Å². The highest BCUT2D eigenvalue weighted by atomic mass is 32.2. The van der Waals surface area contributed by atoms with E-state index in [0.717, 1.165) is 18.7 Å². The van der Waals surface area contributed by atoms with Crippen LogP contribution in [0.1, 0.15) is 18.1 Å². The number of hydrogen-bond donors (Lipinski definition) is 1. The van der Waals surface area contributed by atoms with Crippen molar-refractivity contribution >= 4 is 21.3 Å². The normalized spacial score (nSPS) is 14.5. The van der Waals surface area contributed by atoms with Crippen molar-refractivity contribution in [1.82, 2.24) is 0 Å². The molecule has 3 rings (SSSR count). The number of rotatable bonds is 3. The van der Waals surface area contributed by atoms with Gasteiger partial charge in [-0.05, 0) is 36.3 Å². The van der Waals surface area contributed by atoms with Gasteiger partial charge in [0.2, 0.25) is 10.0 Å². The van der Waals surface area contributed by atoms with Crippen molar-refractivity contribution in [3.05, 3.63) is 65.7 Å². The van der Waals surface area contributed by atoms with E-state index in [1.54, 1.807) is 12.1 Å². The van der Waals surface area contributed by atoms with Gasteiger partial charge >= 0.3 is 0 Å². The number of anilines is 1. The number of fused-ring (bicyclic) bond motifs is 1. The minimum Gasteiger partial charge on any atom is -0.363 e. The molecule has 0 radical (unpaired) electrons. The second-order valence-electron chi connectivity index (χ2n) is 5.47. The number of allylic oxidation sites excluding steroid dienone is 1. The molecule has 0 amide bonds. The first kappa shape index (κ1) is 14.8. The standard InChI is InChI=1S/C17H18N2O2S/c1-13-10-11-19(17-5-3-2-4-16(13)17)12-14-6-8-15(9-7-14)22(18,20)21/h2-10H,11-12H2,1H3,(H2,18,20,21). The topological polar surface area (TPSA) is 63.4 Å². The van der Waals surface area contributed by atoms with E-state index in [-0.39, 0.29) is 4.90 Å². The number of para-hydroxylation sites is 1. The van der Waals surface area contributed by atoms with Crippen LogP contribution >= 0.6 is 0 Å². The van der Waals surface area contributed by atoms with Crippen LogP contribution in [-0.4, -0.2) is 15.0 Å². The molecule has 2 aromatic rings. The van der Waals surface area contributed by atoms with Crippen molar-refractivity contribution in [3.8, 4) is 0 Å². The van der Waals surface area contributed by atoms with E-state index in [0.29, 0.717) is 0 Å². The Balaban J connectivity index is 1.86. The summed E-state index contributed by atoms with van der Waals surface area (Å²) in [5.41, 5.74) is 4.79. The molecule has 0 atom stereocenters. The molecule has 1 aliphatic heterocycles. The van der Waals surface area contributed by atoms with Gasteiger partial charge in [0.15, 0.2) is 0 Å². The molecule has 2 aromatic carbocycles. The van der Waals surface area contributed by atoms with Gasteiger partial charge in [0.1, 0.15) is 0 Å². The zero-order chi connectivity index (χ0) is 15.7. The lowest BCUT2D eigenvalue weighted by Crippen LogP contribution is -2.26. The molecule has 0 saturated carbocycles. The van der Waals surface area contributed by atoms with Crippen LogP contribution in [0.25, 0.3) is 5.57 Å². The average Bonchev–Trinajstić information content (AvgIpc) is 2.50. The quantitative estimate of drug-likeness (QED) is 0.947. The highest BCUT2D eigenvalue weighted by Gasteiger charge is 2.16. The third kappa shape index (κ3) is 2.91. The van der Waals surface area contributed by atoms with Crippen molar-refractivity contribution in [2.75, 3.05) is 11.4 Å². The van der Waals surface area contributed by atoms with Gasteiger partial charge in [-0.1, -0.05) is 36.4 Å². The molecular weight excluding hydrogens is 296 g/mol. The fraction of sp³-hybridized carbons (Fsp3) is 0.176. The highest BCUT2D eigenvalue weighted by Crippen LogP contribution is 2.31. The Morgan fingerprint density at radius 2 is 1.77 bits per heavy atom. The van der Waals surface area contributed by atoms with Gasteiger partial charge < -0.3 is 4.90 Å². The van der Waals surface area contributed by atoms with Crippen molar-refractivity contribution < 1.29 is 8.42 Å². The fourth-order valence-electron chi connectivity index (χ4n) is 2.69. The Morgan fingerprint density at radius 1 is 1.09 bits per heavy atom. The summed E-state index contributed by atoms with van der Waals surface area (Å²) in [4.78, 5) is 2.42. The van der Waals surface area contributed by atoms with Crippen molar-refractivity contribution in [2.24, 2.45) is 5.14 Å². The minimum atomic E-state index is -3.63. The van der Waals surface area contributed by atoms with Gasteiger partial charge in [0, 0.05) is 24.3 Å². The first-order chi connectivity index (χ1) is 10.4. The number of hydrogen-bond acceptors (Lipinski definition) is 3. The van der Waals surface area contributed by atoms with Crippen molar-refractivity contribution in [1.29, 1.82) is 0 Å². The lowest BCUT2D eigenvalue weighted by Gasteiger charge is -2.30. The lowest BCUT2D eigenvalue weighted by molar-refractivity contribution is 0.598. The highest BCUT2D eigenvalue weighted by molar-refractivity contribution is 7.89. The van der Waals surface area contributed by atoms with Crippen LogP contribution < -0.4 is 10.0 Å². The van der Waals surface area contributed by atoms with Gasteiger partial charge in [0.25, 0.3) is 0 Å². The molecule has 0 spiro atoms. The van der Waals surface area contributed by atoms with Gasteiger partial charge in [-0.2, -0.15) is 0 Å². The Hall–Kier alpha value is -2.11. The maximum absolute atomic E-state index is 11.3. The van der Waals surface area contributed by atoms with E-state index in [2.05, 4.69) is 30.0 Å². The maximum atomic E-state index is 11.3. The van der Waals surface area contributed by atoms with E-state index < -0.39 is 10.0 Å². The van der Waals surface area contributed by atoms with Gasteiger partial charge in [-0.15, -0.1) is 0 Å². The van der Waals surface area contributed by atoms with E-state index in [4.69, 9.17) is 5.14 Å². The van der Waals surface area contributed by atoms with Crippen LogP contribution in [0.3, 0.4) is 0 Å². The molecule has 0 unspecified atom stereocenters. The Labute approximate surface area is 130 Å². The summed E-state index contributed by atoms with van der Waals surface area (Å²) in [7, 11) is -3.63. The summed E-state index contributed by atoms with van der Waals surface area (Å²) in [6.07, 6.45) is 2.21. The first-order valence-electron chi connectivity index (χ1n) is 7.08. The summed E-state index contributed by atoms with van der Waals surface area (Å²) in [6, 6.07) is 15.1. The van der Waals surface area contributed by atoms with Gasteiger partial charge in [0.05, 0.1) is 4.90 Å². The minimum absolute atomic E-state index is 0.144. The van der Waals surface area contributed by atoms with E-state index in [1.807, 2.05) is 24.3 Å². The Bertz CT molecular complexity index is 824. The Kier molecular flexibility index (Phi) is 3.76. The average molecular weight is 314 g/mol. The molecule has 22 heavy (non-hydrogen) atoms. The second-order valence-corrected chi connectivity index (χ2v) is 7.04. The third-order valence-corrected chi connectivity index (χ3v) is 4.84. The van der Waals surface area contributed by atoms with Crippen LogP contribution in [0.15, 0.2) is 59.5 Å². The second kappa shape index (κ2) is 5.59. The number of sulfonamides is 1. The zero-order valence-electron chi connectivity index (χ0n) is 12.4. The van der Waals surface area contributed by atoms with Crippen LogP contribution in [0.5, 0.6) is 0 Å². The largest absolute Gasteiger partial charge is 0.363 e. The lowest BCUT2D eigenvalue weighted by atomic mass is 10.00. The number of nitrogens with two attached hydrogens (primary N) is 1. The van der Waals surface area contributed by atoms with Gasteiger partial charge in [-0.3, -0.25) is 0 Å². The number of nitrogens with zero attached hydrogens (tertiary/aromatic N) is 1. The predicted octanol–water partition coefficient (Wildman–Crippen LogP) is 2.76. The molecule has 114 valence electrons. The van der Waals surface area contributed by atoms with Crippen LogP contribution in [0, 0.1) is 0 Å². The zero-order valence-corrected chi connectivity index (χ0v) is 13.2. The van der Waals surface area contributed by atoms with E-state index >= 15 is 0 Å². The molecule has 1 aliphatic rings. The van der Waals surface area contributed by atoms with Crippen molar-refractivity contribution in [3.63, 3.8) is 0 Å². The monoisotopic (exact) mass is 314 g/mol. The molecule has 0 aliphatic carbocycles. The fourth-order valence-corrected chi connectivity index (χ4v) is 3.21. The van der Waals surface area contributed by atoms with Crippen LogP contribution in [-0.2, 0) is 16.6 Å². The molecule has 0 fully saturated rings. The summed E-state index contributed by atoms with van der Waals surface area (Å²) in [5.74, 6) is 0. The maximum Gasteiger partial charge on any atom is 0.238 e. The molecule has 5 heteroatoms. The number of benzene rings is 2. The molecule has 1 heterocycles. The summed E-state index contributed by atoms with van der Waals surface area (Å²) >= 11 is 0. The van der Waals surface area contributed by atoms with E-state index in [9.17, 15) is 8.42 Å². The summed E-state index contributed by atoms with van der Waals surface area (Å²) in [5, 5.41) is 5.12. The molecule has 0 aromatic heterocycles. The molecule has 2 N–H and O–H groups in total. The van der Waals surface area contributed by atoms with Gasteiger partial charge in [-0.25, -0.2) is 13.6 Å². The predicted molar refractivity (Wildman–Crippen MR) is 89.0 cm³/mol. The third-order valence-electron chi connectivity index (χ3n) is 3.91.